The zero-order chi connectivity index (χ0) is 19.4. The van der Waals surface area contributed by atoms with Crippen molar-refractivity contribution in [3.05, 3.63) is 34.9 Å². The summed E-state index contributed by atoms with van der Waals surface area (Å²) in [5.41, 5.74) is 0.962. The van der Waals surface area contributed by atoms with Crippen LogP contribution in [0, 0.1) is 0 Å². The highest BCUT2D eigenvalue weighted by Gasteiger charge is 2.34. The van der Waals surface area contributed by atoms with Crippen LogP contribution in [0.15, 0.2) is 24.3 Å². The second kappa shape index (κ2) is 8.87. The predicted octanol–water partition coefficient (Wildman–Crippen LogP) is 0.909. The summed E-state index contributed by atoms with van der Waals surface area (Å²) >= 11 is 6.14. The number of benzene rings is 1. The van der Waals surface area contributed by atoms with E-state index in [1.807, 2.05) is 31.3 Å². The standard InChI is InChI=1S/C18H27ClN4O3S/c1-20-8-12-22(13-9-20)27(25,26)23-14-10-21(11-15-23)18(24)7-6-16-4-2-3-5-17(16)19/h2-5H,6-15H2,1H3. The van der Waals surface area contributed by atoms with Gasteiger partial charge in [-0.25, -0.2) is 0 Å². The van der Waals surface area contributed by atoms with E-state index < -0.39 is 10.2 Å². The van der Waals surface area contributed by atoms with Gasteiger partial charge in [-0.05, 0) is 25.1 Å². The number of hydrogen-bond acceptors (Lipinski definition) is 4. The van der Waals surface area contributed by atoms with Gasteiger partial charge in [-0.1, -0.05) is 29.8 Å². The number of nitrogens with zero attached hydrogens (tertiary/aromatic N) is 4. The number of rotatable bonds is 5. The van der Waals surface area contributed by atoms with Gasteiger partial charge >= 0.3 is 0 Å². The van der Waals surface area contributed by atoms with E-state index in [1.54, 1.807) is 9.21 Å². The maximum absolute atomic E-state index is 12.8. The monoisotopic (exact) mass is 414 g/mol. The molecule has 0 saturated carbocycles. The van der Waals surface area contributed by atoms with Gasteiger partial charge in [-0.15, -0.1) is 0 Å². The molecule has 2 heterocycles. The molecule has 1 aromatic carbocycles. The number of halogens is 1. The molecule has 9 heteroatoms. The topological polar surface area (TPSA) is 64.2 Å². The number of amides is 1. The van der Waals surface area contributed by atoms with Gasteiger partial charge < -0.3 is 9.80 Å². The van der Waals surface area contributed by atoms with Crippen LogP contribution in [0.1, 0.15) is 12.0 Å². The Kier molecular flexibility index (Phi) is 6.75. The molecular weight excluding hydrogens is 388 g/mol. The Morgan fingerprint density at radius 3 is 2.11 bits per heavy atom. The Bertz CT molecular complexity index is 758. The number of hydrogen-bond donors (Lipinski definition) is 0. The van der Waals surface area contributed by atoms with Crippen LogP contribution in [0.3, 0.4) is 0 Å². The van der Waals surface area contributed by atoms with Crippen LogP contribution in [0.2, 0.25) is 5.02 Å². The maximum atomic E-state index is 12.8. The molecule has 0 spiro atoms. The first-order valence-electron chi connectivity index (χ1n) is 9.33. The molecule has 0 N–H and O–H groups in total. The summed E-state index contributed by atoms with van der Waals surface area (Å²) in [6.45, 7) is 4.13. The average molecular weight is 415 g/mol. The molecule has 1 amide bonds. The molecule has 150 valence electrons. The second-order valence-electron chi connectivity index (χ2n) is 7.08. The fraction of sp³-hybridized carbons (Fsp3) is 0.611. The lowest BCUT2D eigenvalue weighted by atomic mass is 10.1. The van der Waals surface area contributed by atoms with E-state index in [4.69, 9.17) is 11.6 Å². The Balaban J connectivity index is 1.49. The second-order valence-corrected chi connectivity index (χ2v) is 9.42. The minimum Gasteiger partial charge on any atom is -0.340 e. The highest BCUT2D eigenvalue weighted by Crippen LogP contribution is 2.18. The van der Waals surface area contributed by atoms with Crippen molar-refractivity contribution in [2.45, 2.75) is 12.8 Å². The number of carbonyl (C=O) groups excluding carboxylic acids is 1. The van der Waals surface area contributed by atoms with Gasteiger partial charge in [-0.3, -0.25) is 4.79 Å². The Hall–Kier alpha value is -1.19. The van der Waals surface area contributed by atoms with Gasteiger partial charge in [0.25, 0.3) is 10.2 Å². The Morgan fingerprint density at radius 1 is 0.963 bits per heavy atom. The molecule has 27 heavy (non-hydrogen) atoms. The fourth-order valence-electron chi connectivity index (χ4n) is 3.45. The van der Waals surface area contributed by atoms with Crippen molar-refractivity contribution < 1.29 is 13.2 Å². The third-order valence-electron chi connectivity index (χ3n) is 5.27. The van der Waals surface area contributed by atoms with E-state index in [2.05, 4.69) is 4.90 Å². The molecule has 0 unspecified atom stereocenters. The van der Waals surface area contributed by atoms with Gasteiger partial charge in [-0.2, -0.15) is 17.0 Å². The van der Waals surface area contributed by atoms with E-state index in [9.17, 15) is 13.2 Å². The number of carbonyl (C=O) groups is 1. The van der Waals surface area contributed by atoms with Crippen LogP contribution in [-0.2, 0) is 21.4 Å². The van der Waals surface area contributed by atoms with Crippen LogP contribution >= 0.6 is 11.6 Å². The number of piperazine rings is 2. The molecule has 0 radical (unpaired) electrons. The van der Waals surface area contributed by atoms with Crippen molar-refractivity contribution in [3.8, 4) is 0 Å². The summed E-state index contributed by atoms with van der Waals surface area (Å²) in [4.78, 5) is 16.4. The first kappa shape index (κ1) is 20.5. The predicted molar refractivity (Wildman–Crippen MR) is 106 cm³/mol. The molecule has 0 aliphatic carbocycles. The van der Waals surface area contributed by atoms with Crippen molar-refractivity contribution in [1.82, 2.24) is 18.4 Å². The molecule has 2 aliphatic rings. The van der Waals surface area contributed by atoms with E-state index in [0.717, 1.165) is 18.7 Å². The van der Waals surface area contributed by atoms with Gasteiger partial charge in [0, 0.05) is 63.8 Å². The molecule has 0 atom stereocenters. The summed E-state index contributed by atoms with van der Waals surface area (Å²) in [6, 6.07) is 7.53. The highest BCUT2D eigenvalue weighted by molar-refractivity contribution is 7.86. The van der Waals surface area contributed by atoms with Gasteiger partial charge in [0.05, 0.1) is 0 Å². The van der Waals surface area contributed by atoms with Gasteiger partial charge in [0.15, 0.2) is 0 Å². The highest BCUT2D eigenvalue weighted by atomic mass is 35.5. The van der Waals surface area contributed by atoms with Gasteiger partial charge in [0.2, 0.25) is 5.91 Å². The lowest BCUT2D eigenvalue weighted by Gasteiger charge is -2.39. The van der Waals surface area contributed by atoms with Crippen LogP contribution in [0.4, 0.5) is 0 Å². The third kappa shape index (κ3) is 5.00. The summed E-state index contributed by atoms with van der Waals surface area (Å²) in [5, 5.41) is 0.674. The van der Waals surface area contributed by atoms with E-state index in [0.29, 0.717) is 57.1 Å². The van der Waals surface area contributed by atoms with Crippen molar-refractivity contribution in [2.75, 3.05) is 59.4 Å². The van der Waals surface area contributed by atoms with E-state index in [-0.39, 0.29) is 5.91 Å². The van der Waals surface area contributed by atoms with Crippen LogP contribution in [0.25, 0.3) is 0 Å². The summed E-state index contributed by atoms with van der Waals surface area (Å²) < 4.78 is 28.6. The molecule has 3 rings (SSSR count). The zero-order valence-electron chi connectivity index (χ0n) is 15.7. The average Bonchev–Trinajstić information content (AvgIpc) is 2.67. The SMILES string of the molecule is CN1CCN(S(=O)(=O)N2CCN(C(=O)CCc3ccccc3Cl)CC2)CC1. The fourth-order valence-corrected chi connectivity index (χ4v) is 5.26. The number of aryl methyl sites for hydroxylation is 1. The summed E-state index contributed by atoms with van der Waals surface area (Å²) in [6.07, 6.45) is 0.979. The molecular formula is C18H27ClN4O3S. The molecule has 0 aromatic heterocycles. The number of likely N-dealkylation sites (N-methyl/N-ethyl adjacent to an activating group) is 1. The quantitative estimate of drug-likeness (QED) is 0.718. The van der Waals surface area contributed by atoms with E-state index in [1.165, 1.54) is 4.31 Å². The molecule has 7 nitrogen and oxygen atoms in total. The lowest BCUT2D eigenvalue weighted by molar-refractivity contribution is -0.132. The molecule has 1 aromatic rings. The van der Waals surface area contributed by atoms with Crippen LogP contribution in [0.5, 0.6) is 0 Å². The first-order valence-corrected chi connectivity index (χ1v) is 11.1. The minimum absolute atomic E-state index is 0.0477. The van der Waals surface area contributed by atoms with Crippen molar-refractivity contribution in [1.29, 1.82) is 0 Å². The summed E-state index contributed by atoms with van der Waals surface area (Å²) in [5.74, 6) is 0.0477. The molecule has 0 bridgehead atoms. The van der Waals surface area contributed by atoms with Crippen LogP contribution in [-0.4, -0.2) is 92.1 Å². The summed E-state index contributed by atoms with van der Waals surface area (Å²) in [7, 11) is -1.44. The molecule has 2 aliphatic heterocycles. The largest absolute Gasteiger partial charge is 0.340 e. The normalized spacial score (nSPS) is 20.7. The third-order valence-corrected chi connectivity index (χ3v) is 7.68. The molecule has 2 fully saturated rings. The van der Waals surface area contributed by atoms with Crippen molar-refractivity contribution in [3.63, 3.8) is 0 Å². The Morgan fingerprint density at radius 2 is 1.52 bits per heavy atom. The van der Waals surface area contributed by atoms with Gasteiger partial charge in [0.1, 0.15) is 0 Å². The lowest BCUT2D eigenvalue weighted by Crippen LogP contribution is -2.57. The van der Waals surface area contributed by atoms with Crippen LogP contribution < -0.4 is 0 Å². The smallest absolute Gasteiger partial charge is 0.282 e. The molecule has 2 saturated heterocycles. The minimum atomic E-state index is -3.43. The first-order chi connectivity index (χ1) is 12.9. The zero-order valence-corrected chi connectivity index (χ0v) is 17.3. The van der Waals surface area contributed by atoms with Crippen molar-refractivity contribution >= 4 is 27.7 Å². The Labute approximate surface area is 166 Å². The maximum Gasteiger partial charge on any atom is 0.282 e. The van der Waals surface area contributed by atoms with Crippen molar-refractivity contribution in [2.24, 2.45) is 0 Å². The van der Waals surface area contributed by atoms with E-state index >= 15 is 0 Å².